The van der Waals surface area contributed by atoms with E-state index in [1.54, 1.807) is 48.2 Å². The first kappa shape index (κ1) is 21.8. The topological polar surface area (TPSA) is 110 Å². The number of likely N-dealkylation sites (tertiary alicyclic amines) is 1. The predicted octanol–water partition coefficient (Wildman–Crippen LogP) is 3.50. The van der Waals surface area contributed by atoms with Crippen molar-refractivity contribution >= 4 is 29.2 Å². The van der Waals surface area contributed by atoms with Crippen molar-refractivity contribution in [3.8, 4) is 5.75 Å². The zero-order valence-corrected chi connectivity index (χ0v) is 18.2. The lowest BCUT2D eigenvalue weighted by Gasteiger charge is -2.31. The Labute approximate surface area is 189 Å². The van der Waals surface area contributed by atoms with Gasteiger partial charge < -0.3 is 19.5 Å². The molecule has 1 aliphatic heterocycles. The number of nitrogens with zero attached hydrogens (tertiary/aromatic N) is 4. The summed E-state index contributed by atoms with van der Waals surface area (Å²) in [5.41, 5.74) is 0.570. The lowest BCUT2D eigenvalue weighted by Crippen LogP contribution is -2.41. The number of halogens is 1. The molecule has 0 atom stereocenters. The van der Waals surface area contributed by atoms with Gasteiger partial charge in [0.05, 0.1) is 5.02 Å². The Bertz CT molecular complexity index is 1080. The Kier molecular flexibility index (Phi) is 6.65. The van der Waals surface area contributed by atoms with Crippen LogP contribution in [0.1, 0.15) is 34.9 Å². The highest BCUT2D eigenvalue weighted by atomic mass is 35.5. The van der Waals surface area contributed by atoms with E-state index in [0.717, 1.165) is 0 Å². The fourth-order valence-corrected chi connectivity index (χ4v) is 3.56. The van der Waals surface area contributed by atoms with Gasteiger partial charge in [-0.2, -0.15) is 4.98 Å². The molecule has 3 aromatic rings. The van der Waals surface area contributed by atoms with Gasteiger partial charge in [0.1, 0.15) is 11.6 Å². The van der Waals surface area contributed by atoms with Crippen LogP contribution < -0.4 is 10.1 Å². The number of aryl methyl sites for hydroxylation is 1. The molecule has 0 unspecified atom stereocenters. The van der Waals surface area contributed by atoms with E-state index in [4.69, 9.17) is 20.9 Å². The molecule has 1 aliphatic rings. The summed E-state index contributed by atoms with van der Waals surface area (Å²) < 4.78 is 10.5. The normalized spacial score (nSPS) is 14.2. The molecule has 2 amide bonds. The fraction of sp³-hybridized carbons (Fsp3) is 0.318. The molecule has 4 rings (SSSR count). The Hall–Kier alpha value is -3.46. The minimum Gasteiger partial charge on any atom is -0.485 e. The molecule has 0 bridgehead atoms. The number of piperidine rings is 1. The number of carbonyl (C=O) groups is 2. The van der Waals surface area contributed by atoms with E-state index in [0.29, 0.717) is 59.8 Å². The van der Waals surface area contributed by atoms with Crippen LogP contribution in [0.15, 0.2) is 47.1 Å². The van der Waals surface area contributed by atoms with Gasteiger partial charge in [-0.05, 0) is 49.2 Å². The van der Waals surface area contributed by atoms with Gasteiger partial charge in [0, 0.05) is 37.7 Å². The Morgan fingerprint density at radius 2 is 1.94 bits per heavy atom. The number of nitrogens with one attached hydrogen (secondary N) is 1. The number of hydrogen-bond acceptors (Lipinski definition) is 7. The fourth-order valence-electron chi connectivity index (χ4n) is 3.45. The summed E-state index contributed by atoms with van der Waals surface area (Å²) in [7, 11) is 0. The van der Waals surface area contributed by atoms with Crippen molar-refractivity contribution in [2.45, 2.75) is 26.4 Å². The molecule has 3 heterocycles. The predicted molar refractivity (Wildman–Crippen MR) is 116 cm³/mol. The molecular weight excluding hydrogens is 434 g/mol. The number of aromatic nitrogens is 3. The van der Waals surface area contributed by atoms with Gasteiger partial charge in [-0.1, -0.05) is 16.8 Å². The highest BCUT2D eigenvalue weighted by Gasteiger charge is 2.28. The third-order valence-electron chi connectivity index (χ3n) is 5.17. The number of anilines is 1. The molecule has 0 spiro atoms. The van der Waals surface area contributed by atoms with Gasteiger partial charge in [0.25, 0.3) is 5.91 Å². The molecule has 1 saturated heterocycles. The van der Waals surface area contributed by atoms with Crippen molar-refractivity contribution in [3.05, 3.63) is 64.9 Å². The van der Waals surface area contributed by atoms with Crippen LogP contribution in [0.2, 0.25) is 5.02 Å². The molecule has 0 aliphatic carbocycles. The number of pyridine rings is 1. The van der Waals surface area contributed by atoms with Gasteiger partial charge in [-0.25, -0.2) is 4.98 Å². The first-order valence-electron chi connectivity index (χ1n) is 10.2. The van der Waals surface area contributed by atoms with Gasteiger partial charge in [-0.3, -0.25) is 9.59 Å². The lowest BCUT2D eigenvalue weighted by molar-refractivity contribution is -0.121. The maximum atomic E-state index is 12.8. The van der Waals surface area contributed by atoms with Crippen LogP contribution in [0.25, 0.3) is 0 Å². The highest BCUT2D eigenvalue weighted by molar-refractivity contribution is 6.30. The smallest absolute Gasteiger partial charge is 0.253 e. The third kappa shape index (κ3) is 5.42. The zero-order chi connectivity index (χ0) is 22.5. The molecule has 1 aromatic carbocycles. The van der Waals surface area contributed by atoms with Crippen LogP contribution in [-0.2, 0) is 11.4 Å². The monoisotopic (exact) mass is 455 g/mol. The van der Waals surface area contributed by atoms with E-state index in [1.807, 2.05) is 0 Å². The minimum absolute atomic E-state index is 0.0661. The van der Waals surface area contributed by atoms with Crippen LogP contribution in [0.3, 0.4) is 0 Å². The SMILES string of the molecule is Cc1nc(COc2ccc(C(=O)N3CCC(C(=O)Nc4ccc(Cl)cn4)CC3)cc2)no1. The van der Waals surface area contributed by atoms with Crippen LogP contribution in [-0.4, -0.2) is 44.9 Å². The Morgan fingerprint density at radius 3 is 2.56 bits per heavy atom. The van der Waals surface area contributed by atoms with Gasteiger partial charge in [-0.15, -0.1) is 0 Å². The van der Waals surface area contributed by atoms with Gasteiger partial charge in [0.15, 0.2) is 6.61 Å². The molecular formula is C22H22ClN5O4. The summed E-state index contributed by atoms with van der Waals surface area (Å²) in [4.78, 5) is 35.2. The van der Waals surface area contributed by atoms with Crippen LogP contribution >= 0.6 is 11.6 Å². The van der Waals surface area contributed by atoms with Gasteiger partial charge >= 0.3 is 0 Å². The van der Waals surface area contributed by atoms with Crippen molar-refractivity contribution in [1.82, 2.24) is 20.0 Å². The largest absolute Gasteiger partial charge is 0.485 e. The second-order valence-electron chi connectivity index (χ2n) is 7.46. The van der Waals surface area contributed by atoms with Crippen molar-refractivity contribution in [3.63, 3.8) is 0 Å². The maximum Gasteiger partial charge on any atom is 0.253 e. The number of carbonyl (C=O) groups excluding carboxylic acids is 2. The minimum atomic E-state index is -0.166. The van der Waals surface area contributed by atoms with E-state index < -0.39 is 0 Å². The van der Waals surface area contributed by atoms with E-state index in [2.05, 4.69) is 20.4 Å². The van der Waals surface area contributed by atoms with Crippen LogP contribution in [0, 0.1) is 12.8 Å². The lowest BCUT2D eigenvalue weighted by atomic mass is 9.95. The molecule has 2 aromatic heterocycles. The molecule has 1 fully saturated rings. The van der Waals surface area contributed by atoms with Gasteiger partial charge in [0.2, 0.25) is 17.6 Å². The van der Waals surface area contributed by atoms with E-state index >= 15 is 0 Å². The first-order valence-corrected chi connectivity index (χ1v) is 10.6. The van der Waals surface area contributed by atoms with Crippen molar-refractivity contribution < 1.29 is 18.8 Å². The summed E-state index contributed by atoms with van der Waals surface area (Å²) in [6.45, 7) is 2.93. The molecule has 1 N–H and O–H groups in total. The van der Waals surface area contributed by atoms with E-state index in [1.165, 1.54) is 6.20 Å². The van der Waals surface area contributed by atoms with Crippen molar-refractivity contribution in [1.29, 1.82) is 0 Å². The van der Waals surface area contributed by atoms with E-state index in [9.17, 15) is 9.59 Å². The maximum absolute atomic E-state index is 12.8. The summed E-state index contributed by atoms with van der Waals surface area (Å²) in [5, 5.41) is 7.09. The zero-order valence-electron chi connectivity index (χ0n) is 17.5. The van der Waals surface area contributed by atoms with E-state index in [-0.39, 0.29) is 24.3 Å². The molecule has 0 saturated carbocycles. The molecule has 32 heavy (non-hydrogen) atoms. The van der Waals surface area contributed by atoms with Crippen LogP contribution in [0.5, 0.6) is 5.75 Å². The van der Waals surface area contributed by atoms with Crippen molar-refractivity contribution in [2.24, 2.45) is 5.92 Å². The highest BCUT2D eigenvalue weighted by Crippen LogP contribution is 2.22. The number of rotatable bonds is 6. The molecule has 9 nitrogen and oxygen atoms in total. The Balaban J connectivity index is 1.26. The summed E-state index contributed by atoms with van der Waals surface area (Å²) in [5.74, 6) is 1.69. The molecule has 166 valence electrons. The first-order chi connectivity index (χ1) is 15.5. The number of benzene rings is 1. The number of hydrogen-bond donors (Lipinski definition) is 1. The van der Waals surface area contributed by atoms with Crippen molar-refractivity contribution in [2.75, 3.05) is 18.4 Å². The second kappa shape index (κ2) is 9.78. The average molecular weight is 456 g/mol. The summed E-state index contributed by atoms with van der Waals surface area (Å²) in [6, 6.07) is 10.3. The number of ether oxygens (including phenoxy) is 1. The molecule has 10 heteroatoms. The Morgan fingerprint density at radius 1 is 1.19 bits per heavy atom. The average Bonchev–Trinajstić information content (AvgIpc) is 3.24. The summed E-state index contributed by atoms with van der Waals surface area (Å²) >= 11 is 5.82. The third-order valence-corrected chi connectivity index (χ3v) is 5.39. The molecule has 0 radical (unpaired) electrons. The quantitative estimate of drug-likeness (QED) is 0.605. The standard InChI is InChI=1S/C22H22ClN5O4/c1-14-25-20(27-32-14)13-31-18-5-2-16(3-6-18)22(30)28-10-8-15(9-11-28)21(29)26-19-7-4-17(23)12-24-19/h2-7,12,15H,8-11,13H2,1H3,(H,24,26,29). The van der Waals surface area contributed by atoms with Crippen LogP contribution in [0.4, 0.5) is 5.82 Å². The number of amides is 2. The summed E-state index contributed by atoms with van der Waals surface area (Å²) in [6.07, 6.45) is 2.67. The second-order valence-corrected chi connectivity index (χ2v) is 7.90.